The summed E-state index contributed by atoms with van der Waals surface area (Å²) in [4.78, 5) is 0. The zero-order valence-corrected chi connectivity index (χ0v) is 16.4. The van der Waals surface area contributed by atoms with Crippen molar-refractivity contribution >= 4 is 0 Å². The van der Waals surface area contributed by atoms with Crippen LogP contribution in [-0.2, 0) is 14.2 Å². The standard InChI is InChI=1S/C20H40O3/c1-16(2)18-10-9-17(3)15-19(18)22-14-13-21-11-7-8-12-23-20(4,5)6/h16-19H,7-15H2,1-6H3. The van der Waals surface area contributed by atoms with Crippen molar-refractivity contribution in [3.05, 3.63) is 0 Å². The van der Waals surface area contributed by atoms with Gasteiger partial charge in [-0.25, -0.2) is 0 Å². The van der Waals surface area contributed by atoms with Crippen LogP contribution in [0.5, 0.6) is 0 Å². The van der Waals surface area contributed by atoms with Crippen LogP contribution in [-0.4, -0.2) is 38.1 Å². The molecule has 0 aromatic heterocycles. The molecule has 0 aromatic rings. The number of unbranched alkanes of at least 4 members (excludes halogenated alkanes) is 1. The molecule has 1 saturated carbocycles. The number of hydrogen-bond acceptors (Lipinski definition) is 3. The average molecular weight is 329 g/mol. The fourth-order valence-electron chi connectivity index (χ4n) is 3.35. The Morgan fingerprint density at radius 3 is 2.30 bits per heavy atom. The highest BCUT2D eigenvalue weighted by molar-refractivity contribution is 4.81. The molecular weight excluding hydrogens is 288 g/mol. The highest BCUT2D eigenvalue weighted by Gasteiger charge is 2.31. The van der Waals surface area contributed by atoms with Crippen molar-refractivity contribution in [2.75, 3.05) is 26.4 Å². The number of ether oxygens (including phenoxy) is 3. The van der Waals surface area contributed by atoms with Crippen molar-refractivity contribution in [3.63, 3.8) is 0 Å². The lowest BCUT2D eigenvalue weighted by Crippen LogP contribution is -2.35. The van der Waals surface area contributed by atoms with E-state index in [1.54, 1.807) is 0 Å². The van der Waals surface area contributed by atoms with Crippen LogP contribution in [0, 0.1) is 17.8 Å². The molecule has 0 aromatic carbocycles. The smallest absolute Gasteiger partial charge is 0.0704 e. The van der Waals surface area contributed by atoms with Gasteiger partial charge < -0.3 is 14.2 Å². The molecule has 0 amide bonds. The van der Waals surface area contributed by atoms with Crippen LogP contribution >= 0.6 is 0 Å². The van der Waals surface area contributed by atoms with E-state index in [2.05, 4.69) is 41.5 Å². The second kappa shape index (κ2) is 10.7. The molecule has 0 heterocycles. The van der Waals surface area contributed by atoms with Crippen LogP contribution in [0.3, 0.4) is 0 Å². The van der Waals surface area contributed by atoms with Crippen LogP contribution in [0.2, 0.25) is 0 Å². The van der Waals surface area contributed by atoms with Crippen LogP contribution in [0.15, 0.2) is 0 Å². The van der Waals surface area contributed by atoms with E-state index >= 15 is 0 Å². The lowest BCUT2D eigenvalue weighted by molar-refractivity contribution is -0.0590. The first-order chi connectivity index (χ1) is 10.8. The summed E-state index contributed by atoms with van der Waals surface area (Å²) in [7, 11) is 0. The molecule has 3 heteroatoms. The zero-order chi connectivity index (χ0) is 17.3. The van der Waals surface area contributed by atoms with Crippen molar-refractivity contribution in [2.45, 2.75) is 85.4 Å². The molecule has 3 atom stereocenters. The van der Waals surface area contributed by atoms with Gasteiger partial charge in [0.15, 0.2) is 0 Å². The van der Waals surface area contributed by atoms with E-state index in [1.807, 2.05) is 0 Å². The Morgan fingerprint density at radius 1 is 0.957 bits per heavy atom. The predicted octanol–water partition coefficient (Wildman–Crippen LogP) is 5.08. The first-order valence-corrected chi connectivity index (χ1v) is 9.63. The average Bonchev–Trinajstić information content (AvgIpc) is 2.44. The Balaban J connectivity index is 2.03. The van der Waals surface area contributed by atoms with Crippen LogP contribution in [0.1, 0.15) is 73.6 Å². The molecule has 1 rings (SSSR count). The summed E-state index contributed by atoms with van der Waals surface area (Å²) in [5.74, 6) is 2.25. The Labute approximate surface area is 144 Å². The summed E-state index contributed by atoms with van der Waals surface area (Å²) in [6.07, 6.45) is 6.45. The largest absolute Gasteiger partial charge is 0.379 e. The molecular formula is C20H40O3. The Morgan fingerprint density at radius 2 is 1.65 bits per heavy atom. The molecule has 23 heavy (non-hydrogen) atoms. The van der Waals surface area contributed by atoms with E-state index in [1.165, 1.54) is 19.3 Å². The molecule has 3 nitrogen and oxygen atoms in total. The van der Waals surface area contributed by atoms with Gasteiger partial charge in [-0.2, -0.15) is 0 Å². The van der Waals surface area contributed by atoms with Gasteiger partial charge in [0, 0.05) is 13.2 Å². The summed E-state index contributed by atoms with van der Waals surface area (Å²) in [5.41, 5.74) is -0.0290. The monoisotopic (exact) mass is 328 g/mol. The van der Waals surface area contributed by atoms with Crippen molar-refractivity contribution < 1.29 is 14.2 Å². The molecule has 1 fully saturated rings. The van der Waals surface area contributed by atoms with E-state index in [-0.39, 0.29) is 5.60 Å². The van der Waals surface area contributed by atoms with Crippen molar-refractivity contribution in [1.29, 1.82) is 0 Å². The summed E-state index contributed by atoms with van der Waals surface area (Å²) < 4.78 is 17.5. The topological polar surface area (TPSA) is 27.7 Å². The van der Waals surface area contributed by atoms with Gasteiger partial charge in [0.2, 0.25) is 0 Å². The lowest BCUT2D eigenvalue weighted by Gasteiger charge is -2.37. The van der Waals surface area contributed by atoms with Crippen LogP contribution in [0.25, 0.3) is 0 Å². The van der Waals surface area contributed by atoms with Crippen LogP contribution < -0.4 is 0 Å². The van der Waals surface area contributed by atoms with Gasteiger partial charge in [0.1, 0.15) is 0 Å². The third-order valence-corrected chi connectivity index (χ3v) is 4.74. The SMILES string of the molecule is CC1CCC(C(C)C)C(OCCOCCCCOC(C)(C)C)C1. The summed E-state index contributed by atoms with van der Waals surface area (Å²) in [6.45, 7) is 16.4. The summed E-state index contributed by atoms with van der Waals surface area (Å²) >= 11 is 0. The molecule has 0 aliphatic heterocycles. The second-order valence-corrected chi connectivity index (χ2v) is 8.52. The molecule has 0 spiro atoms. The van der Waals surface area contributed by atoms with E-state index in [9.17, 15) is 0 Å². The summed E-state index contributed by atoms with van der Waals surface area (Å²) in [5, 5.41) is 0. The van der Waals surface area contributed by atoms with Crippen molar-refractivity contribution in [3.8, 4) is 0 Å². The minimum atomic E-state index is -0.0290. The van der Waals surface area contributed by atoms with Crippen LogP contribution in [0.4, 0.5) is 0 Å². The van der Waals surface area contributed by atoms with E-state index < -0.39 is 0 Å². The molecule has 3 unspecified atom stereocenters. The molecule has 1 aliphatic rings. The van der Waals surface area contributed by atoms with Gasteiger partial charge in [-0.1, -0.05) is 27.2 Å². The Bertz CT molecular complexity index is 296. The predicted molar refractivity (Wildman–Crippen MR) is 96.8 cm³/mol. The fourth-order valence-corrected chi connectivity index (χ4v) is 3.35. The fraction of sp³-hybridized carbons (Fsp3) is 1.00. The highest BCUT2D eigenvalue weighted by atomic mass is 16.5. The molecule has 0 bridgehead atoms. The number of hydrogen-bond donors (Lipinski definition) is 0. The quantitative estimate of drug-likeness (QED) is 0.524. The van der Waals surface area contributed by atoms with Crippen molar-refractivity contribution in [1.82, 2.24) is 0 Å². The molecule has 0 radical (unpaired) electrons. The zero-order valence-electron chi connectivity index (χ0n) is 16.4. The van der Waals surface area contributed by atoms with E-state index in [0.29, 0.717) is 6.10 Å². The normalized spacial score (nSPS) is 26.0. The minimum Gasteiger partial charge on any atom is -0.379 e. The highest BCUT2D eigenvalue weighted by Crippen LogP contribution is 2.35. The van der Waals surface area contributed by atoms with Gasteiger partial charge in [-0.15, -0.1) is 0 Å². The van der Waals surface area contributed by atoms with Gasteiger partial charge >= 0.3 is 0 Å². The second-order valence-electron chi connectivity index (χ2n) is 8.52. The third kappa shape index (κ3) is 9.69. The minimum absolute atomic E-state index is 0.0290. The van der Waals surface area contributed by atoms with E-state index in [0.717, 1.165) is 57.0 Å². The summed E-state index contributed by atoms with van der Waals surface area (Å²) in [6, 6.07) is 0. The number of rotatable bonds is 10. The van der Waals surface area contributed by atoms with Crippen molar-refractivity contribution in [2.24, 2.45) is 17.8 Å². The maximum Gasteiger partial charge on any atom is 0.0704 e. The van der Waals surface area contributed by atoms with Gasteiger partial charge in [0.25, 0.3) is 0 Å². The first kappa shape index (κ1) is 20.9. The molecule has 0 saturated heterocycles. The third-order valence-electron chi connectivity index (χ3n) is 4.74. The maximum atomic E-state index is 6.15. The van der Waals surface area contributed by atoms with E-state index in [4.69, 9.17) is 14.2 Å². The molecule has 0 N–H and O–H groups in total. The van der Waals surface area contributed by atoms with Gasteiger partial charge in [0.05, 0.1) is 24.9 Å². The lowest BCUT2D eigenvalue weighted by atomic mass is 9.75. The molecule has 1 aliphatic carbocycles. The maximum absolute atomic E-state index is 6.15. The van der Waals surface area contributed by atoms with Gasteiger partial charge in [-0.05, 0) is 64.2 Å². The van der Waals surface area contributed by atoms with Gasteiger partial charge in [-0.3, -0.25) is 0 Å². The first-order valence-electron chi connectivity index (χ1n) is 9.63. The Hall–Kier alpha value is -0.120. The molecule has 138 valence electrons. The Kier molecular flexibility index (Phi) is 9.72.